The van der Waals surface area contributed by atoms with Gasteiger partial charge >= 0.3 is 0 Å². The molecule has 2 aromatic carbocycles. The number of imide groups is 1. The lowest BCUT2D eigenvalue weighted by molar-refractivity contribution is -0.135. The summed E-state index contributed by atoms with van der Waals surface area (Å²) in [6.07, 6.45) is 1.26. The summed E-state index contributed by atoms with van der Waals surface area (Å²) in [5.74, 6) is -0.249. The second kappa shape index (κ2) is 10.9. The van der Waals surface area contributed by atoms with Crippen LogP contribution in [0.25, 0.3) is 10.9 Å². The van der Waals surface area contributed by atoms with E-state index < -0.39 is 15.9 Å². The number of hydrogen-bond acceptors (Lipinski definition) is 8. The van der Waals surface area contributed by atoms with Crippen molar-refractivity contribution in [2.75, 3.05) is 32.8 Å². The average Bonchev–Trinajstić information content (AvgIpc) is 3.50. The number of aryl methyl sites for hydroxylation is 2. The lowest BCUT2D eigenvalue weighted by Crippen LogP contribution is -2.51. The number of amides is 3. The van der Waals surface area contributed by atoms with Crippen molar-refractivity contribution in [2.45, 2.75) is 63.4 Å². The van der Waals surface area contributed by atoms with Crippen LogP contribution in [0.15, 0.2) is 29.2 Å². The lowest BCUT2D eigenvalue weighted by Gasteiger charge is -2.34. The average molecular weight is 624 g/mol. The fourth-order valence-corrected chi connectivity index (χ4v) is 8.25. The SMILES string of the molecule is Cc1cc(S(=O)(=O)N2CCN(C(=O)COc3cccc4c(C5CCC(=O)NC5=O)nn(C)c34)CC2)c(C)c2c1OC(C)(C)C2. The van der Waals surface area contributed by atoms with Gasteiger partial charge in [-0.05, 0) is 57.4 Å². The van der Waals surface area contributed by atoms with Gasteiger partial charge in [-0.1, -0.05) is 12.1 Å². The second-order valence-corrected chi connectivity index (χ2v) is 14.3. The van der Waals surface area contributed by atoms with Gasteiger partial charge in [0.25, 0.3) is 5.91 Å². The third-order valence-corrected chi connectivity index (χ3v) is 10.8. The van der Waals surface area contributed by atoms with E-state index in [1.165, 1.54) is 4.31 Å². The monoisotopic (exact) mass is 623 g/mol. The third kappa shape index (κ3) is 5.21. The first kappa shape index (κ1) is 30.1. The van der Waals surface area contributed by atoms with Crippen LogP contribution in [0.2, 0.25) is 0 Å². The van der Waals surface area contributed by atoms with E-state index in [1.54, 1.807) is 34.8 Å². The number of ether oxygens (including phenoxy) is 2. The Balaban J connectivity index is 1.12. The number of piperidine rings is 1. The van der Waals surface area contributed by atoms with Crippen LogP contribution in [0, 0.1) is 13.8 Å². The number of rotatable bonds is 6. The van der Waals surface area contributed by atoms with Crippen LogP contribution in [-0.4, -0.2) is 83.5 Å². The Morgan fingerprint density at radius 2 is 1.89 bits per heavy atom. The Bertz CT molecular complexity index is 1810. The van der Waals surface area contributed by atoms with Crippen molar-refractivity contribution >= 4 is 38.6 Å². The maximum Gasteiger partial charge on any atom is 0.260 e. The zero-order chi connectivity index (χ0) is 31.6. The number of nitrogens with one attached hydrogen (secondary N) is 1. The number of fused-ring (bicyclic) bond motifs is 2. The molecule has 1 aromatic heterocycles. The van der Waals surface area contributed by atoms with Gasteiger partial charge in [-0.15, -0.1) is 0 Å². The summed E-state index contributed by atoms with van der Waals surface area (Å²) in [5.41, 5.74) is 3.27. The largest absolute Gasteiger partial charge is 0.487 e. The van der Waals surface area contributed by atoms with E-state index in [0.717, 1.165) is 22.3 Å². The molecule has 3 aliphatic rings. The predicted octanol–water partition coefficient (Wildman–Crippen LogP) is 2.34. The smallest absolute Gasteiger partial charge is 0.260 e. The number of aromatic nitrogens is 2. The summed E-state index contributed by atoms with van der Waals surface area (Å²) in [6.45, 7) is 8.32. The van der Waals surface area contributed by atoms with E-state index in [1.807, 2.05) is 33.8 Å². The fraction of sp³-hybridized carbons (Fsp3) is 0.484. The number of carbonyl (C=O) groups excluding carboxylic acids is 3. The molecule has 0 saturated carbocycles. The first-order valence-corrected chi connectivity index (χ1v) is 16.2. The summed E-state index contributed by atoms with van der Waals surface area (Å²) < 4.78 is 42.6. The Hall–Kier alpha value is -3.97. The number of carbonyl (C=O) groups is 3. The number of sulfonamides is 1. The fourth-order valence-electron chi connectivity index (χ4n) is 6.49. The number of para-hydroxylation sites is 1. The molecule has 234 valence electrons. The van der Waals surface area contributed by atoms with E-state index in [2.05, 4.69) is 10.4 Å². The van der Waals surface area contributed by atoms with Gasteiger partial charge in [0.1, 0.15) is 22.6 Å². The van der Waals surface area contributed by atoms with Gasteiger partial charge in [0, 0.05) is 57.0 Å². The molecule has 12 nitrogen and oxygen atoms in total. The highest BCUT2D eigenvalue weighted by atomic mass is 32.2. The van der Waals surface area contributed by atoms with Gasteiger partial charge in [-0.2, -0.15) is 9.40 Å². The molecule has 1 N–H and O–H groups in total. The second-order valence-electron chi connectivity index (χ2n) is 12.4. The highest BCUT2D eigenvalue weighted by molar-refractivity contribution is 7.89. The molecule has 2 saturated heterocycles. The third-order valence-electron chi connectivity index (χ3n) is 8.77. The summed E-state index contributed by atoms with van der Waals surface area (Å²) in [5, 5.41) is 7.66. The van der Waals surface area contributed by atoms with Crippen LogP contribution in [0.4, 0.5) is 0 Å². The molecule has 0 aliphatic carbocycles. The molecule has 6 rings (SSSR count). The molecule has 3 amide bonds. The first-order chi connectivity index (χ1) is 20.8. The minimum atomic E-state index is -3.77. The normalized spacial score (nSPS) is 20.4. The molecule has 3 aromatic rings. The van der Waals surface area contributed by atoms with Crippen LogP contribution >= 0.6 is 0 Å². The van der Waals surface area contributed by atoms with Crippen molar-refractivity contribution in [2.24, 2.45) is 7.05 Å². The number of nitrogens with zero attached hydrogens (tertiary/aromatic N) is 4. The molecule has 4 heterocycles. The molecular formula is C31H37N5O7S. The van der Waals surface area contributed by atoms with E-state index in [9.17, 15) is 22.8 Å². The highest BCUT2D eigenvalue weighted by Crippen LogP contribution is 2.42. The van der Waals surface area contributed by atoms with Gasteiger partial charge in [0.05, 0.1) is 16.5 Å². The van der Waals surface area contributed by atoms with Gasteiger partial charge in [-0.25, -0.2) is 8.42 Å². The van der Waals surface area contributed by atoms with Crippen molar-refractivity contribution in [1.82, 2.24) is 24.3 Å². The minimum absolute atomic E-state index is 0.179. The Morgan fingerprint density at radius 1 is 1.16 bits per heavy atom. The number of hydrogen-bond donors (Lipinski definition) is 1. The molecule has 3 aliphatic heterocycles. The Morgan fingerprint density at radius 3 is 2.59 bits per heavy atom. The molecule has 0 radical (unpaired) electrons. The van der Waals surface area contributed by atoms with Crippen molar-refractivity contribution in [3.8, 4) is 11.5 Å². The van der Waals surface area contributed by atoms with Gasteiger partial charge < -0.3 is 14.4 Å². The zero-order valence-corrected chi connectivity index (χ0v) is 26.4. The molecule has 0 bridgehead atoms. The molecular weight excluding hydrogens is 586 g/mol. The van der Waals surface area contributed by atoms with E-state index in [-0.39, 0.29) is 62.5 Å². The van der Waals surface area contributed by atoms with Crippen molar-refractivity contribution in [1.29, 1.82) is 0 Å². The van der Waals surface area contributed by atoms with Crippen LogP contribution in [0.5, 0.6) is 11.5 Å². The minimum Gasteiger partial charge on any atom is -0.487 e. The van der Waals surface area contributed by atoms with Gasteiger partial charge in [-0.3, -0.25) is 24.4 Å². The molecule has 2 fully saturated rings. The quantitative estimate of drug-likeness (QED) is 0.413. The molecule has 44 heavy (non-hydrogen) atoms. The molecule has 13 heteroatoms. The lowest BCUT2D eigenvalue weighted by atomic mass is 9.93. The van der Waals surface area contributed by atoms with E-state index in [4.69, 9.17) is 9.47 Å². The van der Waals surface area contributed by atoms with Gasteiger partial charge in [0.2, 0.25) is 21.8 Å². The van der Waals surface area contributed by atoms with Crippen LogP contribution < -0.4 is 14.8 Å². The summed E-state index contributed by atoms with van der Waals surface area (Å²) >= 11 is 0. The van der Waals surface area contributed by atoms with Crippen LogP contribution in [0.3, 0.4) is 0 Å². The van der Waals surface area contributed by atoms with Crippen molar-refractivity contribution < 1.29 is 32.3 Å². The van der Waals surface area contributed by atoms with E-state index in [0.29, 0.717) is 40.3 Å². The maximum atomic E-state index is 13.7. The predicted molar refractivity (Wildman–Crippen MR) is 161 cm³/mol. The van der Waals surface area contributed by atoms with Gasteiger partial charge in [0.15, 0.2) is 6.61 Å². The standard InChI is InChI=1S/C31H37N5O7S/c1-18-15-24(19(2)22-16-31(3,4)43-29(18)22)44(40,41)36-13-11-35(12-14-36)26(38)17-42-23-8-6-7-20-27(33-34(5)28(20)23)21-9-10-25(37)32-30(21)39/h6-8,15,21H,9-14,16-17H2,1-5H3,(H,32,37,39). The Labute approximate surface area is 256 Å². The molecule has 1 unspecified atom stereocenters. The van der Waals surface area contributed by atoms with Crippen LogP contribution in [0.1, 0.15) is 55.0 Å². The topological polar surface area (TPSA) is 140 Å². The van der Waals surface area contributed by atoms with Crippen molar-refractivity contribution in [3.63, 3.8) is 0 Å². The zero-order valence-electron chi connectivity index (χ0n) is 25.6. The summed E-state index contributed by atoms with van der Waals surface area (Å²) in [4.78, 5) is 39.2. The Kier molecular flexibility index (Phi) is 7.44. The molecule has 1 atom stereocenters. The van der Waals surface area contributed by atoms with E-state index >= 15 is 0 Å². The summed E-state index contributed by atoms with van der Waals surface area (Å²) in [7, 11) is -2.03. The first-order valence-electron chi connectivity index (χ1n) is 14.8. The summed E-state index contributed by atoms with van der Waals surface area (Å²) in [6, 6.07) is 7.05. The number of piperazine rings is 1. The highest BCUT2D eigenvalue weighted by Gasteiger charge is 2.38. The molecule has 0 spiro atoms. The number of benzene rings is 2. The van der Waals surface area contributed by atoms with Crippen LogP contribution in [-0.2, 0) is 37.9 Å². The van der Waals surface area contributed by atoms with Crippen molar-refractivity contribution in [3.05, 3.63) is 46.6 Å². The maximum absolute atomic E-state index is 13.7.